The van der Waals surface area contributed by atoms with Gasteiger partial charge in [0.25, 0.3) is 0 Å². The van der Waals surface area contributed by atoms with E-state index in [0.717, 1.165) is 16.8 Å². The molecular weight excluding hydrogens is 320 g/mol. The van der Waals surface area contributed by atoms with E-state index in [-0.39, 0.29) is 6.09 Å². The second-order valence-corrected chi connectivity index (χ2v) is 7.10. The first-order valence-corrected chi connectivity index (χ1v) is 8.36. The van der Waals surface area contributed by atoms with Gasteiger partial charge in [-0.1, -0.05) is 5.11 Å². The molecule has 2 N–H and O–H groups in total. The van der Waals surface area contributed by atoms with Crippen LogP contribution in [0.3, 0.4) is 0 Å². The van der Waals surface area contributed by atoms with E-state index in [1.54, 1.807) is 4.90 Å². The van der Waals surface area contributed by atoms with Crippen LogP contribution in [-0.4, -0.2) is 42.8 Å². The van der Waals surface area contributed by atoms with E-state index in [1.165, 1.54) is 0 Å². The first kappa shape index (κ1) is 18.9. The number of amides is 1. The summed E-state index contributed by atoms with van der Waals surface area (Å²) in [6.07, 6.45) is -0.284. The zero-order chi connectivity index (χ0) is 18.6. The van der Waals surface area contributed by atoms with E-state index >= 15 is 0 Å². The monoisotopic (exact) mass is 346 g/mol. The number of anilines is 1. The van der Waals surface area contributed by atoms with E-state index in [9.17, 15) is 4.79 Å². The molecule has 1 heterocycles. The summed E-state index contributed by atoms with van der Waals surface area (Å²) in [4.78, 5) is 18.9. The largest absolute Gasteiger partial charge is 0.444 e. The van der Waals surface area contributed by atoms with Crippen LogP contribution in [-0.2, 0) is 11.3 Å². The minimum atomic E-state index is -0.495. The predicted octanol–water partition coefficient (Wildman–Crippen LogP) is 3.45. The number of rotatable bonds is 3. The molecule has 1 aromatic rings. The fourth-order valence-corrected chi connectivity index (χ4v) is 2.76. The Labute approximate surface area is 148 Å². The van der Waals surface area contributed by atoms with E-state index < -0.39 is 5.60 Å². The van der Waals surface area contributed by atoms with Gasteiger partial charge in [0, 0.05) is 49.0 Å². The molecule has 1 amide bonds. The summed E-state index contributed by atoms with van der Waals surface area (Å²) in [5.41, 5.74) is 17.5. The molecule has 2 rings (SSSR count). The molecule has 0 radical (unpaired) electrons. The molecule has 0 bridgehead atoms. The number of hydrogen-bond acceptors (Lipinski definition) is 5. The van der Waals surface area contributed by atoms with E-state index in [1.807, 2.05) is 39.8 Å². The minimum absolute atomic E-state index is 0.284. The average Bonchev–Trinajstić information content (AvgIpc) is 2.55. The van der Waals surface area contributed by atoms with Crippen molar-refractivity contribution in [3.8, 4) is 0 Å². The van der Waals surface area contributed by atoms with Crippen LogP contribution >= 0.6 is 0 Å². The number of carbonyl (C=O) groups excluding carboxylic acids is 1. The summed E-state index contributed by atoms with van der Waals surface area (Å²) >= 11 is 0. The lowest BCUT2D eigenvalue weighted by atomic mass is 10.0. The number of ether oxygens (including phenoxy) is 1. The number of azide groups is 1. The van der Waals surface area contributed by atoms with Crippen LogP contribution in [0.1, 0.15) is 31.9 Å². The molecule has 1 aromatic carbocycles. The zero-order valence-electron chi connectivity index (χ0n) is 15.3. The minimum Gasteiger partial charge on any atom is -0.444 e. The van der Waals surface area contributed by atoms with Gasteiger partial charge in [-0.15, -0.1) is 0 Å². The average molecular weight is 346 g/mol. The third-order valence-corrected chi connectivity index (χ3v) is 4.14. The van der Waals surface area contributed by atoms with E-state index in [2.05, 4.69) is 14.9 Å². The Balaban J connectivity index is 2.11. The quantitative estimate of drug-likeness (QED) is 0.513. The topological polar surface area (TPSA) is 108 Å². The SMILES string of the molecule is Cc1c(CN)cc(N2CCN(C(=O)OC(C)(C)C)CC2)cc1N=[N+]=[N-]. The summed E-state index contributed by atoms with van der Waals surface area (Å²) in [5.74, 6) is 0. The molecule has 0 saturated carbocycles. The number of carbonyl (C=O) groups is 1. The van der Waals surface area contributed by atoms with E-state index in [4.69, 9.17) is 16.0 Å². The second kappa shape index (κ2) is 7.63. The van der Waals surface area contributed by atoms with Crippen LogP contribution in [0.2, 0.25) is 0 Å². The smallest absolute Gasteiger partial charge is 0.410 e. The number of nitrogens with two attached hydrogens (primary N) is 1. The summed E-state index contributed by atoms with van der Waals surface area (Å²) in [7, 11) is 0. The Morgan fingerprint density at radius 2 is 1.96 bits per heavy atom. The van der Waals surface area contributed by atoms with Crippen LogP contribution in [0.4, 0.5) is 16.2 Å². The Morgan fingerprint density at radius 1 is 1.32 bits per heavy atom. The van der Waals surface area contributed by atoms with Gasteiger partial charge in [0.2, 0.25) is 0 Å². The van der Waals surface area contributed by atoms with Gasteiger partial charge in [-0.25, -0.2) is 4.79 Å². The number of hydrogen-bond donors (Lipinski definition) is 1. The van der Waals surface area contributed by atoms with Crippen molar-refractivity contribution in [3.05, 3.63) is 33.7 Å². The van der Waals surface area contributed by atoms with Crippen molar-refractivity contribution < 1.29 is 9.53 Å². The summed E-state index contributed by atoms with van der Waals surface area (Å²) in [6, 6.07) is 3.90. The Morgan fingerprint density at radius 3 is 2.48 bits per heavy atom. The molecule has 1 saturated heterocycles. The fourth-order valence-electron chi connectivity index (χ4n) is 2.76. The van der Waals surface area contributed by atoms with Gasteiger partial charge in [-0.05, 0) is 56.5 Å². The molecule has 1 fully saturated rings. The predicted molar refractivity (Wildman–Crippen MR) is 97.9 cm³/mol. The van der Waals surface area contributed by atoms with Gasteiger partial charge in [-0.3, -0.25) is 0 Å². The molecule has 0 aromatic heterocycles. The summed E-state index contributed by atoms with van der Waals surface area (Å²) in [5, 5.41) is 3.77. The van der Waals surface area contributed by atoms with Gasteiger partial charge in [0.15, 0.2) is 0 Å². The fraction of sp³-hybridized carbons (Fsp3) is 0.588. The Bertz CT molecular complexity index is 683. The third-order valence-electron chi connectivity index (χ3n) is 4.14. The molecule has 0 spiro atoms. The molecule has 8 heteroatoms. The van der Waals surface area contributed by atoms with Gasteiger partial charge >= 0.3 is 6.09 Å². The second-order valence-electron chi connectivity index (χ2n) is 7.10. The lowest BCUT2D eigenvalue weighted by Crippen LogP contribution is -2.50. The van der Waals surface area contributed by atoms with E-state index in [0.29, 0.717) is 38.4 Å². The maximum absolute atomic E-state index is 12.2. The lowest BCUT2D eigenvalue weighted by Gasteiger charge is -2.37. The van der Waals surface area contributed by atoms with Crippen molar-refractivity contribution in [1.29, 1.82) is 0 Å². The highest BCUT2D eigenvalue weighted by atomic mass is 16.6. The van der Waals surface area contributed by atoms with Crippen LogP contribution < -0.4 is 10.6 Å². The van der Waals surface area contributed by atoms with Crippen LogP contribution in [0.15, 0.2) is 17.2 Å². The first-order chi connectivity index (χ1) is 11.7. The van der Waals surface area contributed by atoms with Crippen molar-refractivity contribution >= 4 is 17.5 Å². The molecule has 0 unspecified atom stereocenters. The Kier molecular flexibility index (Phi) is 5.77. The molecule has 8 nitrogen and oxygen atoms in total. The summed E-state index contributed by atoms with van der Waals surface area (Å²) in [6.45, 7) is 10.4. The van der Waals surface area contributed by atoms with Gasteiger partial charge in [0.05, 0.1) is 0 Å². The maximum Gasteiger partial charge on any atom is 0.410 e. The Hall–Kier alpha value is -2.44. The van der Waals surface area contributed by atoms with Crippen molar-refractivity contribution in [2.24, 2.45) is 10.8 Å². The van der Waals surface area contributed by atoms with Crippen molar-refractivity contribution in [2.45, 2.75) is 39.8 Å². The van der Waals surface area contributed by atoms with Gasteiger partial charge in [0.1, 0.15) is 5.60 Å². The first-order valence-electron chi connectivity index (χ1n) is 8.36. The van der Waals surface area contributed by atoms with Crippen LogP contribution in [0, 0.1) is 6.92 Å². The highest BCUT2D eigenvalue weighted by Gasteiger charge is 2.26. The number of nitrogens with zero attached hydrogens (tertiary/aromatic N) is 5. The molecule has 1 aliphatic heterocycles. The normalized spacial score (nSPS) is 14.9. The van der Waals surface area contributed by atoms with Gasteiger partial charge < -0.3 is 20.3 Å². The molecular formula is C17H26N6O2. The third kappa shape index (κ3) is 4.78. The van der Waals surface area contributed by atoms with Crippen molar-refractivity contribution in [1.82, 2.24) is 4.90 Å². The highest BCUT2D eigenvalue weighted by Crippen LogP contribution is 2.30. The van der Waals surface area contributed by atoms with Crippen molar-refractivity contribution in [2.75, 3.05) is 31.1 Å². The highest BCUT2D eigenvalue weighted by molar-refractivity contribution is 5.69. The summed E-state index contributed by atoms with van der Waals surface area (Å²) < 4.78 is 5.42. The molecule has 0 atom stereocenters. The van der Waals surface area contributed by atoms with Crippen LogP contribution in [0.25, 0.3) is 10.4 Å². The molecule has 0 aliphatic carbocycles. The van der Waals surface area contributed by atoms with Crippen molar-refractivity contribution in [3.63, 3.8) is 0 Å². The lowest BCUT2D eigenvalue weighted by molar-refractivity contribution is 0.0240. The van der Waals surface area contributed by atoms with Crippen LogP contribution in [0.5, 0.6) is 0 Å². The molecule has 1 aliphatic rings. The number of piperazine rings is 1. The van der Waals surface area contributed by atoms with Gasteiger partial charge in [-0.2, -0.15) is 0 Å². The number of benzene rings is 1. The maximum atomic E-state index is 12.2. The molecule has 136 valence electrons. The zero-order valence-corrected chi connectivity index (χ0v) is 15.3. The standard InChI is InChI=1S/C17H26N6O2/c1-12-13(11-18)9-14(10-15(12)20-21-19)22-5-7-23(8-6-22)16(24)25-17(2,3)4/h9-10H,5-8,11,18H2,1-4H3. The molecule has 25 heavy (non-hydrogen) atoms.